The van der Waals surface area contributed by atoms with Crippen molar-refractivity contribution in [2.45, 2.75) is 19.9 Å². The van der Waals surface area contributed by atoms with E-state index in [0.717, 1.165) is 17.7 Å². The van der Waals surface area contributed by atoms with Crippen LogP contribution in [0.3, 0.4) is 0 Å². The van der Waals surface area contributed by atoms with E-state index in [2.05, 4.69) is 23.3 Å². The smallest absolute Gasteiger partial charge is 0.248 e. The number of carbonyl (C=O) groups is 1. The van der Waals surface area contributed by atoms with Crippen LogP contribution in [0.25, 0.3) is 0 Å². The van der Waals surface area contributed by atoms with Gasteiger partial charge in [-0.25, -0.2) is 4.99 Å². The van der Waals surface area contributed by atoms with Gasteiger partial charge in [-0.05, 0) is 41.8 Å². The zero-order valence-electron chi connectivity index (χ0n) is 13.0. The normalized spacial score (nSPS) is 10.7. The molecule has 0 saturated heterocycles. The fourth-order valence-electron chi connectivity index (χ4n) is 2.06. The van der Waals surface area contributed by atoms with Crippen LogP contribution in [0.2, 0.25) is 0 Å². The largest absolute Gasteiger partial charge is 0.370 e. The highest BCUT2D eigenvalue weighted by Gasteiger charge is 2.01. The molecular weight excluding hydrogens is 403 g/mol. The number of hydrogen-bond donors (Lipinski definition) is 3. The summed E-state index contributed by atoms with van der Waals surface area (Å²) in [6, 6.07) is 15.1. The number of aryl methyl sites for hydroxylation is 1. The second-order valence-electron chi connectivity index (χ2n) is 4.95. The lowest BCUT2D eigenvalue weighted by molar-refractivity contribution is 0.1000. The van der Waals surface area contributed by atoms with Gasteiger partial charge in [0.05, 0.1) is 6.54 Å². The minimum absolute atomic E-state index is 0. The molecular formula is C17H21IN4O. The Kier molecular flexibility index (Phi) is 7.53. The first-order valence-electron chi connectivity index (χ1n) is 7.13. The lowest BCUT2D eigenvalue weighted by Gasteiger charge is -2.07. The van der Waals surface area contributed by atoms with Crippen LogP contribution in [-0.2, 0) is 13.0 Å². The van der Waals surface area contributed by atoms with Crippen LogP contribution >= 0.6 is 24.0 Å². The molecule has 0 aliphatic carbocycles. The van der Waals surface area contributed by atoms with E-state index >= 15 is 0 Å². The number of guanidine groups is 1. The summed E-state index contributed by atoms with van der Waals surface area (Å²) in [6.45, 7) is 2.48. The van der Waals surface area contributed by atoms with E-state index in [9.17, 15) is 4.79 Å². The lowest BCUT2D eigenvalue weighted by Crippen LogP contribution is -2.22. The first kappa shape index (κ1) is 19.0. The van der Waals surface area contributed by atoms with Crippen LogP contribution in [0, 0.1) is 0 Å². The standard InChI is InChI=1S/C17H20N4O.HI/c1-2-12-5-4-8-15(10-12)21-17(19)20-11-13-6-3-7-14(9-13)16(18)22;/h3-10H,2,11H2,1H3,(H2,18,22)(H3,19,20,21);1H. The average molecular weight is 424 g/mol. The Hall–Kier alpha value is -2.09. The van der Waals surface area contributed by atoms with Gasteiger partial charge in [-0.2, -0.15) is 0 Å². The summed E-state index contributed by atoms with van der Waals surface area (Å²) in [6.07, 6.45) is 0.965. The Morgan fingerprint density at radius 1 is 1.09 bits per heavy atom. The highest BCUT2D eigenvalue weighted by atomic mass is 127. The van der Waals surface area contributed by atoms with Crippen molar-refractivity contribution in [3.63, 3.8) is 0 Å². The number of nitrogens with one attached hydrogen (secondary N) is 1. The molecule has 122 valence electrons. The van der Waals surface area contributed by atoms with Gasteiger partial charge in [-0.15, -0.1) is 24.0 Å². The van der Waals surface area contributed by atoms with Gasteiger partial charge in [0.1, 0.15) is 0 Å². The van der Waals surface area contributed by atoms with Gasteiger partial charge < -0.3 is 16.8 Å². The van der Waals surface area contributed by atoms with Gasteiger partial charge in [0, 0.05) is 11.3 Å². The third-order valence-electron chi connectivity index (χ3n) is 3.25. The SMILES string of the molecule is CCc1cccc(NC(N)=NCc2cccc(C(N)=O)c2)c1.I. The lowest BCUT2D eigenvalue weighted by atomic mass is 10.1. The van der Waals surface area contributed by atoms with Crippen molar-refractivity contribution in [2.75, 3.05) is 5.32 Å². The molecule has 6 heteroatoms. The molecule has 2 aromatic carbocycles. The molecule has 0 aromatic heterocycles. The number of rotatable bonds is 5. The van der Waals surface area contributed by atoms with E-state index in [0.29, 0.717) is 18.1 Å². The van der Waals surface area contributed by atoms with Crippen molar-refractivity contribution in [3.8, 4) is 0 Å². The minimum atomic E-state index is -0.451. The van der Waals surface area contributed by atoms with Crippen LogP contribution < -0.4 is 16.8 Å². The number of aliphatic imine (C=N–C) groups is 1. The molecule has 0 atom stereocenters. The summed E-state index contributed by atoms with van der Waals surface area (Å²) < 4.78 is 0. The number of carbonyl (C=O) groups excluding carboxylic acids is 1. The van der Waals surface area contributed by atoms with E-state index < -0.39 is 5.91 Å². The van der Waals surface area contributed by atoms with Gasteiger partial charge >= 0.3 is 0 Å². The van der Waals surface area contributed by atoms with E-state index in [-0.39, 0.29) is 24.0 Å². The van der Waals surface area contributed by atoms with Crippen LogP contribution in [-0.4, -0.2) is 11.9 Å². The maximum absolute atomic E-state index is 11.1. The number of hydrogen-bond acceptors (Lipinski definition) is 2. The molecule has 23 heavy (non-hydrogen) atoms. The predicted molar refractivity (Wildman–Crippen MR) is 105 cm³/mol. The van der Waals surface area contributed by atoms with Crippen LogP contribution in [0.15, 0.2) is 53.5 Å². The van der Waals surface area contributed by atoms with Gasteiger partial charge in [-0.1, -0.05) is 31.2 Å². The second kappa shape index (κ2) is 9.14. The number of anilines is 1. The number of amides is 1. The highest BCUT2D eigenvalue weighted by molar-refractivity contribution is 14.0. The first-order valence-corrected chi connectivity index (χ1v) is 7.13. The van der Waals surface area contributed by atoms with Crippen LogP contribution in [0.5, 0.6) is 0 Å². The Morgan fingerprint density at radius 3 is 2.48 bits per heavy atom. The summed E-state index contributed by atoms with van der Waals surface area (Å²) in [5.41, 5.74) is 14.6. The maximum atomic E-state index is 11.1. The Balaban J connectivity index is 0.00000264. The second-order valence-corrected chi connectivity index (χ2v) is 4.95. The van der Waals surface area contributed by atoms with E-state index in [1.807, 2.05) is 24.3 Å². The number of benzene rings is 2. The zero-order chi connectivity index (χ0) is 15.9. The van der Waals surface area contributed by atoms with Crippen molar-refractivity contribution in [2.24, 2.45) is 16.5 Å². The number of halogens is 1. The molecule has 0 heterocycles. The molecule has 2 rings (SSSR count). The van der Waals surface area contributed by atoms with Crippen LogP contribution in [0.1, 0.15) is 28.4 Å². The maximum Gasteiger partial charge on any atom is 0.248 e. The van der Waals surface area contributed by atoms with E-state index in [1.54, 1.807) is 18.2 Å². The zero-order valence-corrected chi connectivity index (χ0v) is 15.3. The summed E-state index contributed by atoms with van der Waals surface area (Å²) in [7, 11) is 0. The third kappa shape index (κ3) is 5.90. The fraction of sp³-hybridized carbons (Fsp3) is 0.176. The van der Waals surface area contributed by atoms with Gasteiger partial charge in [0.2, 0.25) is 5.91 Å². The molecule has 2 aromatic rings. The Labute approximate surface area is 153 Å². The van der Waals surface area contributed by atoms with Crippen molar-refractivity contribution in [1.82, 2.24) is 0 Å². The monoisotopic (exact) mass is 424 g/mol. The molecule has 5 N–H and O–H groups in total. The number of nitrogens with two attached hydrogens (primary N) is 2. The van der Waals surface area contributed by atoms with Gasteiger partial charge in [0.25, 0.3) is 0 Å². The quantitative estimate of drug-likeness (QED) is 0.392. The van der Waals surface area contributed by atoms with E-state index in [1.165, 1.54) is 5.56 Å². The summed E-state index contributed by atoms with van der Waals surface area (Å²) in [5.74, 6) is -0.119. The molecule has 0 spiro atoms. The van der Waals surface area contributed by atoms with Crippen molar-refractivity contribution in [1.29, 1.82) is 0 Å². The first-order chi connectivity index (χ1) is 10.6. The van der Waals surface area contributed by atoms with Crippen molar-refractivity contribution >= 4 is 41.5 Å². The molecule has 0 bridgehead atoms. The summed E-state index contributed by atoms with van der Waals surface area (Å²) in [5, 5.41) is 3.06. The van der Waals surface area contributed by atoms with Gasteiger partial charge in [-0.3, -0.25) is 4.79 Å². The van der Waals surface area contributed by atoms with E-state index in [4.69, 9.17) is 11.5 Å². The average Bonchev–Trinajstić information content (AvgIpc) is 2.53. The summed E-state index contributed by atoms with van der Waals surface area (Å²) in [4.78, 5) is 15.4. The van der Waals surface area contributed by atoms with Gasteiger partial charge in [0.15, 0.2) is 5.96 Å². The molecule has 0 saturated carbocycles. The van der Waals surface area contributed by atoms with Crippen molar-refractivity contribution in [3.05, 3.63) is 65.2 Å². The topological polar surface area (TPSA) is 93.5 Å². The molecule has 5 nitrogen and oxygen atoms in total. The molecule has 0 fully saturated rings. The molecule has 1 amide bonds. The molecule has 0 radical (unpaired) electrons. The van der Waals surface area contributed by atoms with Crippen LogP contribution in [0.4, 0.5) is 5.69 Å². The Bertz CT molecular complexity index is 700. The third-order valence-corrected chi connectivity index (χ3v) is 3.25. The molecule has 0 unspecified atom stereocenters. The Morgan fingerprint density at radius 2 is 1.78 bits per heavy atom. The minimum Gasteiger partial charge on any atom is -0.370 e. The fourth-order valence-corrected chi connectivity index (χ4v) is 2.06. The molecule has 0 aliphatic rings. The highest BCUT2D eigenvalue weighted by Crippen LogP contribution is 2.11. The predicted octanol–water partition coefficient (Wildman–Crippen LogP) is 2.89. The molecule has 0 aliphatic heterocycles. The summed E-state index contributed by atoms with van der Waals surface area (Å²) >= 11 is 0. The number of primary amides is 1. The number of nitrogens with zero attached hydrogens (tertiary/aromatic N) is 1. The van der Waals surface area contributed by atoms with Crippen molar-refractivity contribution < 1.29 is 4.79 Å².